The first-order chi connectivity index (χ1) is 12.1. The second-order valence-corrected chi connectivity index (χ2v) is 5.68. The zero-order chi connectivity index (χ0) is 17.8. The van der Waals surface area contributed by atoms with Gasteiger partial charge in [0.05, 0.1) is 24.8 Å². The van der Waals surface area contributed by atoms with E-state index in [0.29, 0.717) is 17.9 Å². The minimum Gasteiger partial charge on any atom is -0.494 e. The largest absolute Gasteiger partial charge is 0.494 e. The molecule has 7 nitrogen and oxygen atoms in total. The maximum atomic E-state index is 11.8. The van der Waals surface area contributed by atoms with Crippen molar-refractivity contribution in [3.05, 3.63) is 42.6 Å². The highest BCUT2D eigenvalue weighted by atomic mass is 16.5. The fraction of sp³-hybridized carbons (Fsp3) is 0.278. The smallest absolute Gasteiger partial charge is 0.224 e. The Labute approximate surface area is 146 Å². The van der Waals surface area contributed by atoms with Crippen LogP contribution in [0.4, 0.5) is 5.69 Å². The third kappa shape index (κ3) is 3.40. The zero-order valence-corrected chi connectivity index (χ0v) is 14.5. The summed E-state index contributed by atoms with van der Waals surface area (Å²) in [7, 11) is 1.58. The summed E-state index contributed by atoms with van der Waals surface area (Å²) in [4.78, 5) is 23.7. The van der Waals surface area contributed by atoms with Crippen LogP contribution < -0.4 is 10.1 Å². The molecule has 25 heavy (non-hydrogen) atoms. The molecule has 0 saturated carbocycles. The molecule has 3 rings (SSSR count). The average Bonchev–Trinajstić information content (AvgIpc) is 3.23. The van der Waals surface area contributed by atoms with Gasteiger partial charge in [0.1, 0.15) is 11.4 Å². The van der Waals surface area contributed by atoms with Crippen LogP contribution in [0.3, 0.4) is 0 Å². The fourth-order valence-corrected chi connectivity index (χ4v) is 2.64. The molecule has 2 heterocycles. The topological polar surface area (TPSA) is 84.8 Å². The molecule has 0 radical (unpaired) electrons. The van der Waals surface area contributed by atoms with Crippen molar-refractivity contribution in [3.8, 4) is 23.0 Å². The van der Waals surface area contributed by atoms with Gasteiger partial charge in [-0.05, 0) is 25.5 Å². The standard InChI is InChI=1S/C18H21N5O2/c1-4-5-16(24)22-14-7-6-13(10-15(14)25-3)23-9-8-19-18(23)17-12(2)20-11-21-17/h6-11H,4-5H2,1-3H3,(H,20,21)(H,22,24). The summed E-state index contributed by atoms with van der Waals surface area (Å²) in [5.41, 5.74) is 3.27. The number of rotatable bonds is 6. The number of anilines is 1. The number of ether oxygens (including phenoxy) is 1. The SMILES string of the molecule is CCCC(=O)Nc1ccc(-n2ccnc2-c2nc[nH]c2C)cc1OC. The van der Waals surface area contributed by atoms with Crippen molar-refractivity contribution >= 4 is 11.6 Å². The van der Waals surface area contributed by atoms with Crippen LogP contribution in [0, 0.1) is 6.92 Å². The van der Waals surface area contributed by atoms with Crippen LogP contribution in [0.1, 0.15) is 25.5 Å². The highest BCUT2D eigenvalue weighted by Gasteiger charge is 2.14. The minimum absolute atomic E-state index is 0.0241. The third-order valence-corrected chi connectivity index (χ3v) is 3.90. The normalized spacial score (nSPS) is 10.7. The lowest BCUT2D eigenvalue weighted by atomic mass is 10.2. The molecule has 2 aromatic heterocycles. The van der Waals surface area contributed by atoms with Crippen molar-refractivity contribution in [2.24, 2.45) is 0 Å². The van der Waals surface area contributed by atoms with Gasteiger partial charge in [-0.2, -0.15) is 0 Å². The van der Waals surface area contributed by atoms with Gasteiger partial charge in [0.2, 0.25) is 5.91 Å². The van der Waals surface area contributed by atoms with Gasteiger partial charge in [-0.15, -0.1) is 0 Å². The Balaban J connectivity index is 1.96. The zero-order valence-electron chi connectivity index (χ0n) is 14.5. The highest BCUT2D eigenvalue weighted by Crippen LogP contribution is 2.30. The number of benzene rings is 1. The molecular weight excluding hydrogens is 318 g/mol. The lowest BCUT2D eigenvalue weighted by molar-refractivity contribution is -0.116. The van der Waals surface area contributed by atoms with Gasteiger partial charge in [0.15, 0.2) is 5.82 Å². The second-order valence-electron chi connectivity index (χ2n) is 5.68. The number of H-pyrrole nitrogens is 1. The average molecular weight is 339 g/mol. The van der Waals surface area contributed by atoms with E-state index in [0.717, 1.165) is 29.3 Å². The van der Waals surface area contributed by atoms with E-state index >= 15 is 0 Å². The fourth-order valence-electron chi connectivity index (χ4n) is 2.64. The number of carbonyl (C=O) groups excluding carboxylic acids is 1. The maximum absolute atomic E-state index is 11.8. The van der Waals surface area contributed by atoms with Crippen LogP contribution >= 0.6 is 0 Å². The van der Waals surface area contributed by atoms with E-state index in [1.807, 2.05) is 42.8 Å². The molecule has 0 atom stereocenters. The van der Waals surface area contributed by atoms with Gasteiger partial charge in [-0.1, -0.05) is 6.92 Å². The van der Waals surface area contributed by atoms with Crippen molar-refractivity contribution < 1.29 is 9.53 Å². The number of methoxy groups -OCH3 is 1. The maximum Gasteiger partial charge on any atom is 0.224 e. The summed E-state index contributed by atoms with van der Waals surface area (Å²) in [6, 6.07) is 5.62. The predicted octanol–water partition coefficient (Wildman–Crippen LogP) is 3.32. The quantitative estimate of drug-likeness (QED) is 0.721. The molecule has 0 fully saturated rings. The first kappa shape index (κ1) is 16.8. The lowest BCUT2D eigenvalue weighted by Gasteiger charge is -2.13. The summed E-state index contributed by atoms with van der Waals surface area (Å²) in [6.07, 6.45) is 6.53. The van der Waals surface area contributed by atoms with E-state index in [1.54, 1.807) is 19.6 Å². The summed E-state index contributed by atoms with van der Waals surface area (Å²) >= 11 is 0. The van der Waals surface area contributed by atoms with E-state index in [1.165, 1.54) is 0 Å². The van der Waals surface area contributed by atoms with Crippen LogP contribution in [0.15, 0.2) is 36.9 Å². The summed E-state index contributed by atoms with van der Waals surface area (Å²) < 4.78 is 7.38. The van der Waals surface area contributed by atoms with Crippen molar-refractivity contribution in [2.75, 3.05) is 12.4 Å². The molecule has 130 valence electrons. The van der Waals surface area contributed by atoms with Crippen LogP contribution in [0.5, 0.6) is 5.75 Å². The van der Waals surface area contributed by atoms with Crippen molar-refractivity contribution in [3.63, 3.8) is 0 Å². The summed E-state index contributed by atoms with van der Waals surface area (Å²) in [5.74, 6) is 1.31. The Morgan fingerprint density at radius 3 is 2.88 bits per heavy atom. The van der Waals surface area contributed by atoms with Crippen molar-refractivity contribution in [2.45, 2.75) is 26.7 Å². The first-order valence-electron chi connectivity index (χ1n) is 8.16. The highest BCUT2D eigenvalue weighted by molar-refractivity contribution is 5.92. The van der Waals surface area contributed by atoms with Gasteiger partial charge in [0.25, 0.3) is 0 Å². The number of aromatic nitrogens is 4. The monoisotopic (exact) mass is 339 g/mol. The molecule has 0 bridgehead atoms. The van der Waals surface area contributed by atoms with Crippen LogP contribution in [-0.4, -0.2) is 32.5 Å². The predicted molar refractivity (Wildman–Crippen MR) is 96.0 cm³/mol. The van der Waals surface area contributed by atoms with Crippen LogP contribution in [0.25, 0.3) is 17.2 Å². The van der Waals surface area contributed by atoms with Crippen LogP contribution in [0.2, 0.25) is 0 Å². The molecule has 1 amide bonds. The minimum atomic E-state index is -0.0241. The Morgan fingerprint density at radius 1 is 1.36 bits per heavy atom. The van der Waals surface area contributed by atoms with Gasteiger partial charge in [-0.3, -0.25) is 9.36 Å². The number of amides is 1. The number of hydrogen-bond donors (Lipinski definition) is 2. The Hall–Kier alpha value is -3.09. The number of hydrogen-bond acceptors (Lipinski definition) is 4. The molecule has 0 saturated heterocycles. The first-order valence-corrected chi connectivity index (χ1v) is 8.16. The molecule has 0 aliphatic heterocycles. The second kappa shape index (κ2) is 7.21. The van der Waals surface area contributed by atoms with Crippen molar-refractivity contribution in [1.82, 2.24) is 19.5 Å². The number of carbonyl (C=O) groups is 1. The third-order valence-electron chi connectivity index (χ3n) is 3.90. The number of imidazole rings is 2. The number of aromatic amines is 1. The Bertz CT molecular complexity index is 881. The van der Waals surface area contributed by atoms with Gasteiger partial charge >= 0.3 is 0 Å². The summed E-state index contributed by atoms with van der Waals surface area (Å²) in [5, 5.41) is 2.88. The Morgan fingerprint density at radius 2 is 2.20 bits per heavy atom. The number of nitrogens with zero attached hydrogens (tertiary/aromatic N) is 3. The number of nitrogens with one attached hydrogen (secondary N) is 2. The van der Waals surface area contributed by atoms with Gasteiger partial charge in [0, 0.05) is 30.6 Å². The molecule has 0 aliphatic carbocycles. The molecule has 0 aliphatic rings. The number of aryl methyl sites for hydroxylation is 1. The molecule has 1 aromatic carbocycles. The van der Waals surface area contributed by atoms with E-state index in [2.05, 4.69) is 20.3 Å². The van der Waals surface area contributed by atoms with Crippen LogP contribution in [-0.2, 0) is 4.79 Å². The molecule has 2 N–H and O–H groups in total. The van der Waals surface area contributed by atoms with Crippen molar-refractivity contribution in [1.29, 1.82) is 0 Å². The molecular formula is C18H21N5O2. The van der Waals surface area contributed by atoms with E-state index in [9.17, 15) is 4.79 Å². The molecule has 0 unspecified atom stereocenters. The van der Waals surface area contributed by atoms with Gasteiger partial charge < -0.3 is 15.0 Å². The van der Waals surface area contributed by atoms with E-state index in [-0.39, 0.29) is 5.91 Å². The Kier molecular flexibility index (Phi) is 4.83. The van der Waals surface area contributed by atoms with Gasteiger partial charge in [-0.25, -0.2) is 9.97 Å². The van der Waals surface area contributed by atoms with E-state index < -0.39 is 0 Å². The molecule has 3 aromatic rings. The lowest BCUT2D eigenvalue weighted by Crippen LogP contribution is -2.11. The molecule has 0 spiro atoms. The van der Waals surface area contributed by atoms with E-state index in [4.69, 9.17) is 4.74 Å². The summed E-state index contributed by atoms with van der Waals surface area (Å²) in [6.45, 7) is 3.92. The molecule has 7 heteroatoms.